The van der Waals surface area contributed by atoms with E-state index in [1.54, 1.807) is 0 Å². The summed E-state index contributed by atoms with van der Waals surface area (Å²) >= 11 is 0. The van der Waals surface area contributed by atoms with Crippen molar-refractivity contribution in [2.75, 3.05) is 0 Å². The number of carbonyl (C=O) groups excluding carboxylic acids is 1. The normalized spacial score (nSPS) is 9.19. The van der Waals surface area contributed by atoms with Crippen molar-refractivity contribution in [1.82, 2.24) is 0 Å². The molecule has 0 unspecified atom stereocenters. The average Bonchev–Trinajstić information content (AvgIpc) is 2.84. The first-order valence-electron chi connectivity index (χ1n) is 11.6. The van der Waals surface area contributed by atoms with Gasteiger partial charge in [0.1, 0.15) is 11.5 Å². The quantitative estimate of drug-likeness (QED) is 0.372. The van der Waals surface area contributed by atoms with Crippen LogP contribution in [0.4, 0.5) is 0 Å². The van der Waals surface area contributed by atoms with Crippen LogP contribution in [0.15, 0.2) is 78.9 Å². The second-order valence-electron chi connectivity index (χ2n) is 6.44. The van der Waals surface area contributed by atoms with Gasteiger partial charge in [-0.2, -0.15) is 0 Å². The predicted octanol–water partition coefficient (Wildman–Crippen LogP) is 9.11. The van der Waals surface area contributed by atoms with Gasteiger partial charge in [-0.1, -0.05) is 110 Å². The smallest absolute Gasteiger partial charge is 0.167 e. The van der Waals surface area contributed by atoms with Crippen molar-refractivity contribution in [3.05, 3.63) is 95.6 Å². The second-order valence-corrected chi connectivity index (χ2v) is 6.44. The van der Waals surface area contributed by atoms with Crippen LogP contribution in [0.25, 0.3) is 0 Å². The number of Topliss-reactive ketones (excluding diaryl/α,β-unsaturated/α-hetero) is 1. The van der Waals surface area contributed by atoms with E-state index in [2.05, 4.69) is 26.0 Å². The molecule has 0 aliphatic carbocycles. The van der Waals surface area contributed by atoms with Gasteiger partial charge in [-0.25, -0.2) is 0 Å². The van der Waals surface area contributed by atoms with Crippen LogP contribution in [0, 0.1) is 0 Å². The molecule has 2 heteroatoms. The summed E-state index contributed by atoms with van der Waals surface area (Å²) in [6.45, 7) is 16.3. The molecule has 2 nitrogen and oxygen atoms in total. The molecule has 168 valence electrons. The highest BCUT2D eigenvalue weighted by molar-refractivity contribution is 5.97. The Kier molecular flexibility index (Phi) is 15.3. The van der Waals surface area contributed by atoms with Crippen LogP contribution in [-0.2, 0) is 6.42 Å². The van der Waals surface area contributed by atoms with Gasteiger partial charge >= 0.3 is 0 Å². The summed E-state index contributed by atoms with van der Waals surface area (Å²) in [7, 11) is 0. The number of benzene rings is 3. The fourth-order valence-electron chi connectivity index (χ4n) is 2.69. The third kappa shape index (κ3) is 10.1. The molecule has 0 bridgehead atoms. The summed E-state index contributed by atoms with van der Waals surface area (Å²) < 4.78 is 5.93. The van der Waals surface area contributed by atoms with Crippen LogP contribution >= 0.6 is 0 Å². The molecule has 0 radical (unpaired) electrons. The Morgan fingerprint density at radius 2 is 1.29 bits per heavy atom. The second kappa shape index (κ2) is 16.9. The van der Waals surface area contributed by atoms with Crippen LogP contribution in [0.5, 0.6) is 11.5 Å². The molecule has 0 aliphatic rings. The Balaban J connectivity index is 0.00000138. The number of ether oxygens (including phenoxy) is 1. The van der Waals surface area contributed by atoms with Gasteiger partial charge in [-0.05, 0) is 41.3 Å². The Labute approximate surface area is 190 Å². The van der Waals surface area contributed by atoms with E-state index in [4.69, 9.17) is 4.74 Å². The molecule has 0 atom stereocenters. The van der Waals surface area contributed by atoms with Crippen molar-refractivity contribution in [3.8, 4) is 11.5 Å². The standard InChI is InChI=1S/C23H22O2.3C2H6/c1-17(2)19-11-13-21(14-12-19)25-22-10-6-7-18(15-22)16-23(24)20-8-4-3-5-9-20;3*1-2/h3-15,17H,16H2,1-2H3;3*1-2H3. The maximum atomic E-state index is 12.3. The lowest BCUT2D eigenvalue weighted by molar-refractivity contribution is 0.0993. The number of rotatable bonds is 6. The number of carbonyl (C=O) groups is 1. The summed E-state index contributed by atoms with van der Waals surface area (Å²) in [5.74, 6) is 2.16. The van der Waals surface area contributed by atoms with Crippen molar-refractivity contribution in [3.63, 3.8) is 0 Å². The van der Waals surface area contributed by atoms with E-state index in [1.165, 1.54) is 5.56 Å². The van der Waals surface area contributed by atoms with E-state index in [-0.39, 0.29) is 5.78 Å². The molecule has 0 amide bonds. The molecular weight excluding hydrogens is 380 g/mol. The van der Waals surface area contributed by atoms with E-state index in [9.17, 15) is 4.79 Å². The van der Waals surface area contributed by atoms with Gasteiger partial charge in [0.05, 0.1) is 0 Å². The van der Waals surface area contributed by atoms with Crippen molar-refractivity contribution < 1.29 is 9.53 Å². The van der Waals surface area contributed by atoms with Crippen LogP contribution < -0.4 is 4.74 Å². The maximum Gasteiger partial charge on any atom is 0.167 e. The lowest BCUT2D eigenvalue weighted by atomic mass is 10.0. The first kappa shape index (κ1) is 28.1. The van der Waals surface area contributed by atoms with Gasteiger partial charge in [-0.15, -0.1) is 0 Å². The van der Waals surface area contributed by atoms with Gasteiger partial charge < -0.3 is 4.74 Å². The van der Waals surface area contributed by atoms with Gasteiger partial charge in [-0.3, -0.25) is 4.79 Å². The zero-order valence-corrected chi connectivity index (χ0v) is 20.6. The highest BCUT2D eigenvalue weighted by Crippen LogP contribution is 2.25. The summed E-state index contributed by atoms with van der Waals surface area (Å²) in [6, 6.07) is 25.2. The van der Waals surface area contributed by atoms with Gasteiger partial charge in [0.2, 0.25) is 0 Å². The zero-order chi connectivity index (χ0) is 23.6. The van der Waals surface area contributed by atoms with Gasteiger partial charge in [0.25, 0.3) is 0 Å². The SMILES string of the molecule is CC.CC.CC.CC(C)c1ccc(Oc2cccc(CC(=O)c3ccccc3)c2)cc1. The third-order valence-electron chi connectivity index (χ3n) is 4.14. The van der Waals surface area contributed by atoms with Crippen molar-refractivity contribution in [2.45, 2.75) is 67.7 Å². The lowest BCUT2D eigenvalue weighted by Crippen LogP contribution is -2.03. The number of hydrogen-bond donors (Lipinski definition) is 0. The third-order valence-corrected chi connectivity index (χ3v) is 4.14. The molecule has 3 aromatic rings. The topological polar surface area (TPSA) is 26.3 Å². The minimum atomic E-state index is 0.110. The van der Waals surface area contributed by atoms with Crippen LogP contribution in [0.3, 0.4) is 0 Å². The van der Waals surface area contributed by atoms with E-state index in [0.29, 0.717) is 12.3 Å². The molecule has 0 fully saturated rings. The lowest BCUT2D eigenvalue weighted by Gasteiger charge is -2.10. The number of hydrogen-bond acceptors (Lipinski definition) is 2. The van der Waals surface area contributed by atoms with Crippen LogP contribution in [0.2, 0.25) is 0 Å². The molecule has 31 heavy (non-hydrogen) atoms. The molecule has 3 rings (SSSR count). The first-order valence-corrected chi connectivity index (χ1v) is 11.6. The maximum absolute atomic E-state index is 12.3. The van der Waals surface area contributed by atoms with Gasteiger partial charge in [0.15, 0.2) is 5.78 Å². The van der Waals surface area contributed by atoms with E-state index < -0.39 is 0 Å². The molecular formula is C29H40O2. The largest absolute Gasteiger partial charge is 0.457 e. The fraction of sp³-hybridized carbons (Fsp3) is 0.345. The fourth-order valence-corrected chi connectivity index (χ4v) is 2.69. The van der Waals surface area contributed by atoms with E-state index >= 15 is 0 Å². The molecule has 0 saturated carbocycles. The highest BCUT2D eigenvalue weighted by Gasteiger charge is 2.08. The van der Waals surface area contributed by atoms with Gasteiger partial charge in [0, 0.05) is 12.0 Å². The molecule has 0 aromatic heterocycles. The summed E-state index contributed by atoms with van der Waals surface area (Å²) in [5, 5.41) is 0. The molecule has 0 spiro atoms. The summed E-state index contributed by atoms with van der Waals surface area (Å²) in [5.41, 5.74) is 2.97. The first-order chi connectivity index (χ1) is 15.1. The molecule has 0 saturated heterocycles. The Hall–Kier alpha value is -2.87. The van der Waals surface area contributed by atoms with E-state index in [0.717, 1.165) is 22.6 Å². The summed E-state index contributed by atoms with van der Waals surface area (Å²) in [4.78, 5) is 12.3. The van der Waals surface area contributed by atoms with Crippen molar-refractivity contribution in [1.29, 1.82) is 0 Å². The minimum absolute atomic E-state index is 0.110. The molecule has 3 aromatic carbocycles. The predicted molar refractivity (Wildman–Crippen MR) is 136 cm³/mol. The Morgan fingerprint density at radius 1 is 0.710 bits per heavy atom. The monoisotopic (exact) mass is 420 g/mol. The van der Waals surface area contributed by atoms with Crippen molar-refractivity contribution >= 4 is 5.78 Å². The van der Waals surface area contributed by atoms with Crippen LogP contribution in [0.1, 0.15) is 82.8 Å². The molecule has 0 N–H and O–H groups in total. The molecule has 0 aliphatic heterocycles. The Morgan fingerprint density at radius 3 is 1.84 bits per heavy atom. The highest BCUT2D eigenvalue weighted by atomic mass is 16.5. The molecule has 0 heterocycles. The number of ketones is 1. The van der Waals surface area contributed by atoms with E-state index in [1.807, 2.05) is 108 Å². The minimum Gasteiger partial charge on any atom is -0.457 e. The van der Waals surface area contributed by atoms with Crippen LogP contribution in [-0.4, -0.2) is 5.78 Å². The average molecular weight is 421 g/mol. The van der Waals surface area contributed by atoms with Crippen molar-refractivity contribution in [2.24, 2.45) is 0 Å². The summed E-state index contributed by atoms with van der Waals surface area (Å²) in [6.07, 6.45) is 0.369. The Bertz CT molecular complexity index is 834. The zero-order valence-electron chi connectivity index (χ0n) is 20.6.